The number of carbonyl (C=O) groups is 1. The lowest BCUT2D eigenvalue weighted by atomic mass is 10.1. The van der Waals surface area contributed by atoms with E-state index >= 15 is 0 Å². The van der Waals surface area contributed by atoms with Crippen LogP contribution in [0.15, 0.2) is 35.3 Å². The van der Waals surface area contributed by atoms with Crippen LogP contribution in [0.25, 0.3) is 0 Å². The van der Waals surface area contributed by atoms with Gasteiger partial charge >= 0.3 is 0 Å². The van der Waals surface area contributed by atoms with Crippen molar-refractivity contribution in [2.75, 3.05) is 24.5 Å². The maximum absolute atomic E-state index is 12.6. The molecule has 0 spiro atoms. The highest BCUT2D eigenvalue weighted by Crippen LogP contribution is 2.26. The number of guanidine groups is 1. The Labute approximate surface area is 139 Å². The Morgan fingerprint density at radius 3 is 2.70 bits per heavy atom. The minimum atomic E-state index is 0.0308. The van der Waals surface area contributed by atoms with E-state index in [0.29, 0.717) is 29.1 Å². The number of aliphatic imine (C=N–C) groups is 1. The van der Waals surface area contributed by atoms with Crippen LogP contribution in [-0.4, -0.2) is 41.6 Å². The van der Waals surface area contributed by atoms with Gasteiger partial charge in [0.2, 0.25) is 11.1 Å². The normalized spacial score (nSPS) is 13.8. The lowest BCUT2D eigenvalue weighted by molar-refractivity contribution is 0.100. The summed E-state index contributed by atoms with van der Waals surface area (Å²) in [6, 6.07) is 9.28. The second-order valence-corrected chi connectivity index (χ2v) is 6.57. The Hall–Kier alpha value is -2.28. The number of hydrogen-bond donors (Lipinski definition) is 1. The number of hydrogen-bond acceptors (Lipinski definition) is 7. The molecule has 0 saturated heterocycles. The first kappa shape index (κ1) is 15.6. The number of carbonyl (C=O) groups excluding carboxylic acids is 1. The molecule has 120 valence electrons. The van der Waals surface area contributed by atoms with Gasteiger partial charge in [-0.05, 0) is 0 Å². The fourth-order valence-corrected chi connectivity index (χ4v) is 3.07. The average Bonchev–Trinajstić information content (AvgIpc) is 3.25. The van der Waals surface area contributed by atoms with Gasteiger partial charge in [-0.1, -0.05) is 55.5 Å². The van der Waals surface area contributed by atoms with Crippen LogP contribution < -0.4 is 10.2 Å². The van der Waals surface area contributed by atoms with Crippen LogP contribution in [0.5, 0.6) is 0 Å². The summed E-state index contributed by atoms with van der Waals surface area (Å²) in [6.45, 7) is 5.84. The van der Waals surface area contributed by atoms with Gasteiger partial charge in [-0.15, -0.1) is 10.2 Å². The van der Waals surface area contributed by atoms with E-state index in [1.54, 1.807) is 0 Å². The third-order valence-electron chi connectivity index (χ3n) is 3.46. The van der Waals surface area contributed by atoms with Gasteiger partial charge in [0.05, 0.1) is 13.1 Å². The van der Waals surface area contributed by atoms with Crippen LogP contribution >= 0.6 is 11.3 Å². The van der Waals surface area contributed by atoms with E-state index in [2.05, 4.69) is 34.4 Å². The van der Waals surface area contributed by atoms with Crippen molar-refractivity contribution in [1.82, 2.24) is 15.5 Å². The number of benzene rings is 1. The standard InChI is InChI=1S/C16H19N5OS/c1-11(2)14-19-20-16(23-14)21(15-17-8-9-18-15)10-13(22)12-6-4-3-5-7-12/h3-7,11H,8-10H2,1-2H3,(H,17,18). The van der Waals surface area contributed by atoms with Gasteiger partial charge < -0.3 is 5.32 Å². The molecule has 0 atom stereocenters. The SMILES string of the molecule is CC(C)c1nnc(N(CC(=O)c2ccccc2)C2=NCCN2)s1. The molecule has 1 aromatic heterocycles. The molecule has 2 heterocycles. The molecule has 0 aliphatic carbocycles. The Morgan fingerprint density at radius 2 is 2.09 bits per heavy atom. The maximum Gasteiger partial charge on any atom is 0.215 e. The second kappa shape index (κ2) is 6.87. The molecule has 0 radical (unpaired) electrons. The van der Waals surface area contributed by atoms with Gasteiger partial charge in [-0.25, -0.2) is 0 Å². The van der Waals surface area contributed by atoms with E-state index < -0.39 is 0 Å². The summed E-state index contributed by atoms with van der Waals surface area (Å²) < 4.78 is 0. The highest BCUT2D eigenvalue weighted by atomic mass is 32.1. The average molecular weight is 329 g/mol. The van der Waals surface area contributed by atoms with Gasteiger partial charge in [0.15, 0.2) is 5.78 Å². The number of anilines is 1. The van der Waals surface area contributed by atoms with Crippen LogP contribution in [0.4, 0.5) is 5.13 Å². The topological polar surface area (TPSA) is 70.5 Å². The highest BCUT2D eigenvalue weighted by Gasteiger charge is 2.24. The Morgan fingerprint density at radius 1 is 1.30 bits per heavy atom. The number of Topliss-reactive ketones (excluding diaryl/α,β-unsaturated/α-hetero) is 1. The smallest absolute Gasteiger partial charge is 0.215 e. The Bertz CT molecular complexity index is 710. The summed E-state index contributed by atoms with van der Waals surface area (Å²) >= 11 is 1.50. The van der Waals surface area contributed by atoms with E-state index in [4.69, 9.17) is 0 Å². The van der Waals surface area contributed by atoms with Gasteiger partial charge in [-0.3, -0.25) is 14.7 Å². The molecular formula is C16H19N5OS. The number of aromatic nitrogens is 2. The predicted molar refractivity (Wildman–Crippen MR) is 92.4 cm³/mol. The molecule has 1 N–H and O–H groups in total. The molecule has 3 rings (SSSR count). The summed E-state index contributed by atoms with van der Waals surface area (Å²) in [4.78, 5) is 18.8. The third kappa shape index (κ3) is 3.56. The van der Waals surface area contributed by atoms with Crippen molar-refractivity contribution in [2.24, 2.45) is 4.99 Å². The van der Waals surface area contributed by atoms with E-state index in [0.717, 1.165) is 11.6 Å². The molecule has 0 saturated carbocycles. The van der Waals surface area contributed by atoms with Crippen molar-refractivity contribution in [1.29, 1.82) is 0 Å². The molecule has 1 aliphatic rings. The summed E-state index contributed by atoms with van der Waals surface area (Å²) in [5.41, 5.74) is 0.685. The number of ketones is 1. The molecule has 23 heavy (non-hydrogen) atoms. The molecule has 0 fully saturated rings. The summed E-state index contributed by atoms with van der Waals surface area (Å²) in [5, 5.41) is 13.3. The molecule has 1 aromatic carbocycles. The lowest BCUT2D eigenvalue weighted by Gasteiger charge is -2.20. The fourth-order valence-electron chi connectivity index (χ4n) is 2.23. The molecule has 0 bridgehead atoms. The van der Waals surface area contributed by atoms with E-state index in [1.165, 1.54) is 11.3 Å². The van der Waals surface area contributed by atoms with Crippen LogP contribution in [-0.2, 0) is 0 Å². The van der Waals surface area contributed by atoms with Crippen LogP contribution in [0, 0.1) is 0 Å². The molecule has 1 aliphatic heterocycles. The van der Waals surface area contributed by atoms with Crippen LogP contribution in [0.1, 0.15) is 35.1 Å². The Balaban J connectivity index is 1.85. The van der Waals surface area contributed by atoms with E-state index in [-0.39, 0.29) is 12.3 Å². The zero-order chi connectivity index (χ0) is 16.2. The minimum Gasteiger partial charge on any atom is -0.354 e. The number of rotatable bonds is 5. The Kier molecular flexibility index (Phi) is 4.66. The summed E-state index contributed by atoms with van der Waals surface area (Å²) in [7, 11) is 0. The monoisotopic (exact) mass is 329 g/mol. The predicted octanol–water partition coefficient (Wildman–Crippen LogP) is 2.31. The van der Waals surface area contributed by atoms with Crippen molar-refractivity contribution in [3.05, 3.63) is 40.9 Å². The molecule has 6 nitrogen and oxygen atoms in total. The van der Waals surface area contributed by atoms with Gasteiger partial charge in [0.25, 0.3) is 0 Å². The van der Waals surface area contributed by atoms with Crippen molar-refractivity contribution in [2.45, 2.75) is 19.8 Å². The molecule has 7 heteroatoms. The molecule has 0 unspecified atom stereocenters. The first-order valence-corrected chi connectivity index (χ1v) is 8.44. The first-order chi connectivity index (χ1) is 11.1. The largest absolute Gasteiger partial charge is 0.354 e. The van der Waals surface area contributed by atoms with Gasteiger partial charge in [0, 0.05) is 18.0 Å². The first-order valence-electron chi connectivity index (χ1n) is 7.62. The minimum absolute atomic E-state index is 0.0308. The van der Waals surface area contributed by atoms with Gasteiger partial charge in [0.1, 0.15) is 5.01 Å². The quantitative estimate of drug-likeness (QED) is 0.853. The zero-order valence-corrected chi connectivity index (χ0v) is 14.0. The van der Waals surface area contributed by atoms with Crippen molar-refractivity contribution in [3.8, 4) is 0 Å². The van der Waals surface area contributed by atoms with Crippen molar-refractivity contribution < 1.29 is 4.79 Å². The molecular weight excluding hydrogens is 310 g/mol. The number of nitrogens with one attached hydrogen (secondary N) is 1. The lowest BCUT2D eigenvalue weighted by Crippen LogP contribution is -2.42. The number of nitrogens with zero attached hydrogens (tertiary/aromatic N) is 4. The van der Waals surface area contributed by atoms with E-state index in [9.17, 15) is 4.79 Å². The molecule has 2 aromatic rings. The zero-order valence-electron chi connectivity index (χ0n) is 13.2. The van der Waals surface area contributed by atoms with Crippen LogP contribution in [0.2, 0.25) is 0 Å². The molecule has 0 amide bonds. The van der Waals surface area contributed by atoms with Crippen molar-refractivity contribution >= 4 is 28.2 Å². The second-order valence-electron chi connectivity index (χ2n) is 5.59. The van der Waals surface area contributed by atoms with Gasteiger partial charge in [-0.2, -0.15) is 0 Å². The third-order valence-corrected chi connectivity index (χ3v) is 4.71. The summed E-state index contributed by atoms with van der Waals surface area (Å²) in [6.07, 6.45) is 0. The highest BCUT2D eigenvalue weighted by molar-refractivity contribution is 7.15. The van der Waals surface area contributed by atoms with Crippen molar-refractivity contribution in [3.63, 3.8) is 0 Å². The maximum atomic E-state index is 12.6. The van der Waals surface area contributed by atoms with Crippen LogP contribution in [0.3, 0.4) is 0 Å². The van der Waals surface area contributed by atoms with E-state index in [1.807, 2.05) is 35.2 Å². The summed E-state index contributed by atoms with van der Waals surface area (Å²) in [5.74, 6) is 1.04. The fraction of sp³-hybridized carbons (Fsp3) is 0.375.